The number of rotatable bonds is 4. The van der Waals surface area contributed by atoms with E-state index in [1.54, 1.807) is 12.3 Å². The molecule has 2 aliphatic carbocycles. The number of amides is 1. The molecule has 1 N–H and O–H groups in total. The van der Waals surface area contributed by atoms with E-state index in [1.165, 1.54) is 0 Å². The van der Waals surface area contributed by atoms with Crippen LogP contribution in [-0.4, -0.2) is 25.7 Å². The molecule has 2 aliphatic rings. The number of carbonyl (C=O) groups excluding carboxylic acids is 1. The Hall–Kier alpha value is -3.38. The third-order valence-electron chi connectivity index (χ3n) is 5.77. The number of aryl methyl sites for hydroxylation is 1. The smallest absolute Gasteiger partial charge is 0.441 e. The van der Waals surface area contributed by atoms with Gasteiger partial charge in [-0.25, -0.2) is 4.98 Å². The fraction of sp³-hybridized carbons (Fsp3) is 0.429. The largest absolute Gasteiger partial charge is 0.504 e. The second kappa shape index (κ2) is 7.84. The molecule has 3 heterocycles. The van der Waals surface area contributed by atoms with E-state index in [0.717, 1.165) is 18.5 Å². The standard InChI is InChI=1S/C21H17F6N5O2/c22-20(23,24)17-12(9-32(31-17)21(25,26)27)18(33)29-13-2-1-3-15-16(13)30-19(34-15)11-6-7-28-14(8-11)10-4-5-10/h6-10,13H,1-5H2,(H,29,33)/t13-/m0/s1. The van der Waals surface area contributed by atoms with Crippen LogP contribution in [0.5, 0.6) is 0 Å². The topological polar surface area (TPSA) is 85.8 Å². The van der Waals surface area contributed by atoms with E-state index in [2.05, 4.69) is 20.4 Å². The lowest BCUT2D eigenvalue weighted by atomic mass is 9.96. The fourth-order valence-electron chi connectivity index (χ4n) is 3.98. The number of alkyl halides is 6. The van der Waals surface area contributed by atoms with Crippen LogP contribution in [0, 0.1) is 0 Å². The van der Waals surface area contributed by atoms with Crippen LogP contribution >= 0.6 is 0 Å². The molecule has 180 valence electrons. The first-order valence-corrected chi connectivity index (χ1v) is 10.5. The molecule has 34 heavy (non-hydrogen) atoms. The van der Waals surface area contributed by atoms with Gasteiger partial charge in [0.2, 0.25) is 5.89 Å². The number of pyridine rings is 1. The quantitative estimate of drug-likeness (QED) is 0.519. The first-order chi connectivity index (χ1) is 16.0. The summed E-state index contributed by atoms with van der Waals surface area (Å²) in [6, 6.07) is 2.76. The Labute approximate surface area is 188 Å². The number of aromatic nitrogens is 4. The van der Waals surface area contributed by atoms with Crippen molar-refractivity contribution in [2.75, 3.05) is 0 Å². The van der Waals surface area contributed by atoms with Crippen LogP contribution in [-0.2, 0) is 18.9 Å². The summed E-state index contributed by atoms with van der Waals surface area (Å²) in [6.07, 6.45) is -5.28. The average molecular weight is 485 g/mol. The Morgan fingerprint density at radius 3 is 2.59 bits per heavy atom. The fourth-order valence-corrected chi connectivity index (χ4v) is 3.98. The molecule has 0 aliphatic heterocycles. The Balaban J connectivity index is 1.43. The first kappa shape index (κ1) is 22.4. The molecule has 1 amide bonds. The molecule has 0 bridgehead atoms. The molecule has 0 radical (unpaired) electrons. The summed E-state index contributed by atoms with van der Waals surface area (Å²) in [5.74, 6) is -0.170. The Kier molecular flexibility index (Phi) is 5.17. The van der Waals surface area contributed by atoms with Crippen molar-refractivity contribution < 1.29 is 35.6 Å². The van der Waals surface area contributed by atoms with Crippen molar-refractivity contribution in [2.24, 2.45) is 0 Å². The summed E-state index contributed by atoms with van der Waals surface area (Å²) in [5, 5.41) is 4.93. The van der Waals surface area contributed by atoms with E-state index in [4.69, 9.17) is 4.42 Å². The number of hydrogen-bond acceptors (Lipinski definition) is 5. The van der Waals surface area contributed by atoms with Crippen molar-refractivity contribution in [3.05, 3.63) is 52.9 Å². The second-order valence-corrected chi connectivity index (χ2v) is 8.29. The van der Waals surface area contributed by atoms with Crippen molar-refractivity contribution in [3.63, 3.8) is 0 Å². The number of oxazole rings is 1. The van der Waals surface area contributed by atoms with Crippen molar-refractivity contribution >= 4 is 5.91 Å². The lowest BCUT2D eigenvalue weighted by molar-refractivity contribution is -0.214. The van der Waals surface area contributed by atoms with Gasteiger partial charge < -0.3 is 9.73 Å². The van der Waals surface area contributed by atoms with Gasteiger partial charge in [0, 0.05) is 36.0 Å². The first-order valence-electron chi connectivity index (χ1n) is 10.5. The van der Waals surface area contributed by atoms with Crippen LogP contribution in [0.1, 0.15) is 70.8 Å². The molecule has 0 aromatic carbocycles. The SMILES string of the molecule is O=C(N[C@H]1CCCc2oc(-c3ccnc(C4CC4)c3)nc21)c1cn(C(F)(F)F)nc1C(F)(F)F. The van der Waals surface area contributed by atoms with Gasteiger partial charge in [-0.2, -0.15) is 23.0 Å². The molecule has 1 fully saturated rings. The van der Waals surface area contributed by atoms with Gasteiger partial charge >= 0.3 is 12.5 Å². The van der Waals surface area contributed by atoms with E-state index in [-0.39, 0.29) is 12.1 Å². The maximum Gasteiger partial charge on any atom is 0.504 e. The third-order valence-corrected chi connectivity index (χ3v) is 5.77. The summed E-state index contributed by atoms with van der Waals surface area (Å²) in [5.41, 5.74) is -1.19. The summed E-state index contributed by atoms with van der Waals surface area (Å²) in [7, 11) is 0. The summed E-state index contributed by atoms with van der Waals surface area (Å²) in [4.78, 5) is 21.4. The van der Waals surface area contributed by atoms with Crippen LogP contribution in [0.15, 0.2) is 28.9 Å². The molecule has 1 saturated carbocycles. The van der Waals surface area contributed by atoms with Gasteiger partial charge in [0.05, 0.1) is 11.6 Å². The number of fused-ring (bicyclic) bond motifs is 1. The predicted octanol–water partition coefficient (Wildman–Crippen LogP) is 5.11. The van der Waals surface area contributed by atoms with Crippen LogP contribution in [0.25, 0.3) is 11.5 Å². The maximum atomic E-state index is 13.3. The highest BCUT2D eigenvalue weighted by atomic mass is 19.4. The summed E-state index contributed by atoms with van der Waals surface area (Å²) < 4.78 is 83.5. The van der Waals surface area contributed by atoms with Gasteiger partial charge in [-0.15, -0.1) is 13.2 Å². The van der Waals surface area contributed by atoms with E-state index in [1.807, 2.05) is 6.07 Å². The Morgan fingerprint density at radius 2 is 1.91 bits per heavy atom. The lowest BCUT2D eigenvalue weighted by Gasteiger charge is -2.21. The van der Waals surface area contributed by atoms with Gasteiger partial charge in [0.15, 0.2) is 5.69 Å². The molecule has 13 heteroatoms. The van der Waals surface area contributed by atoms with Gasteiger partial charge in [-0.3, -0.25) is 9.78 Å². The molecule has 3 aromatic heterocycles. The molecule has 0 unspecified atom stereocenters. The maximum absolute atomic E-state index is 13.3. The molecular formula is C21H17F6N5O2. The average Bonchev–Trinajstić information content (AvgIpc) is 3.33. The highest BCUT2D eigenvalue weighted by Crippen LogP contribution is 2.40. The van der Waals surface area contributed by atoms with E-state index in [9.17, 15) is 31.1 Å². The minimum absolute atomic E-state index is 0.0342. The molecular weight excluding hydrogens is 468 g/mol. The zero-order valence-electron chi connectivity index (χ0n) is 17.4. The van der Waals surface area contributed by atoms with Crippen molar-refractivity contribution in [1.82, 2.24) is 25.1 Å². The Morgan fingerprint density at radius 1 is 1.15 bits per heavy atom. The lowest BCUT2D eigenvalue weighted by Crippen LogP contribution is -2.32. The van der Waals surface area contributed by atoms with Gasteiger partial charge in [0.1, 0.15) is 11.5 Å². The monoisotopic (exact) mass is 485 g/mol. The predicted molar refractivity (Wildman–Crippen MR) is 103 cm³/mol. The van der Waals surface area contributed by atoms with Crippen molar-refractivity contribution in [2.45, 2.75) is 56.5 Å². The third kappa shape index (κ3) is 4.26. The summed E-state index contributed by atoms with van der Waals surface area (Å²) >= 11 is 0. The van der Waals surface area contributed by atoms with Crippen LogP contribution < -0.4 is 5.32 Å². The summed E-state index contributed by atoms with van der Waals surface area (Å²) in [6.45, 7) is 0. The number of nitrogens with one attached hydrogen (secondary N) is 1. The highest BCUT2D eigenvalue weighted by molar-refractivity contribution is 5.95. The second-order valence-electron chi connectivity index (χ2n) is 8.29. The molecule has 0 saturated heterocycles. The van der Waals surface area contributed by atoms with E-state index >= 15 is 0 Å². The number of halogens is 6. The molecule has 3 aromatic rings. The zero-order valence-corrected chi connectivity index (χ0v) is 17.4. The van der Waals surface area contributed by atoms with Crippen LogP contribution in [0.2, 0.25) is 0 Å². The van der Waals surface area contributed by atoms with Gasteiger partial charge in [-0.05, 0) is 37.8 Å². The number of carbonyl (C=O) groups is 1. The molecule has 7 nitrogen and oxygen atoms in total. The molecule has 5 rings (SSSR count). The molecule has 0 spiro atoms. The highest BCUT2D eigenvalue weighted by Gasteiger charge is 2.43. The normalized spacial score (nSPS) is 18.6. The minimum atomic E-state index is -5.25. The molecule has 1 atom stereocenters. The minimum Gasteiger partial charge on any atom is -0.441 e. The van der Waals surface area contributed by atoms with Gasteiger partial charge in [-0.1, -0.05) is 0 Å². The zero-order chi connectivity index (χ0) is 24.3. The van der Waals surface area contributed by atoms with Crippen LogP contribution in [0.4, 0.5) is 26.3 Å². The van der Waals surface area contributed by atoms with Gasteiger partial charge in [0.25, 0.3) is 5.91 Å². The number of hydrogen-bond donors (Lipinski definition) is 1. The van der Waals surface area contributed by atoms with Crippen molar-refractivity contribution in [1.29, 1.82) is 0 Å². The van der Waals surface area contributed by atoms with Crippen LogP contribution in [0.3, 0.4) is 0 Å². The van der Waals surface area contributed by atoms with E-state index in [0.29, 0.717) is 42.2 Å². The Bertz CT molecular complexity index is 1240. The van der Waals surface area contributed by atoms with Crippen molar-refractivity contribution in [3.8, 4) is 11.5 Å². The van der Waals surface area contributed by atoms with E-state index < -0.39 is 40.4 Å². The number of nitrogens with zero attached hydrogens (tertiary/aromatic N) is 4.